The Labute approximate surface area is 109 Å². The van der Waals surface area contributed by atoms with Gasteiger partial charge in [0.2, 0.25) is 0 Å². The molecular weight excluding hydrogens is 230 g/mol. The fraction of sp³-hybridized carbons (Fsp3) is 1.00. The molecule has 0 radical (unpaired) electrons. The summed E-state index contributed by atoms with van der Waals surface area (Å²) in [5, 5.41) is 3.81. The van der Waals surface area contributed by atoms with Gasteiger partial charge in [0.1, 0.15) is 0 Å². The molecule has 0 saturated heterocycles. The molecule has 1 saturated carbocycles. The van der Waals surface area contributed by atoms with Gasteiger partial charge in [0.05, 0.1) is 0 Å². The summed E-state index contributed by atoms with van der Waals surface area (Å²) in [7, 11) is 1.45. The van der Waals surface area contributed by atoms with Crippen LogP contribution in [0.15, 0.2) is 0 Å². The van der Waals surface area contributed by atoms with Crippen LogP contribution in [-0.2, 0) is 10.8 Å². The molecule has 0 aromatic rings. The molecule has 0 heterocycles. The Balaban J connectivity index is 2.20. The van der Waals surface area contributed by atoms with Gasteiger partial charge in [-0.2, -0.15) is 0 Å². The lowest BCUT2D eigenvalue weighted by atomic mass is 9.91. The molecule has 17 heavy (non-hydrogen) atoms. The molecule has 0 aliphatic heterocycles. The van der Waals surface area contributed by atoms with Crippen LogP contribution in [0.1, 0.15) is 58.8 Å². The first-order chi connectivity index (χ1) is 8.17. The van der Waals surface area contributed by atoms with Crippen molar-refractivity contribution in [3.05, 3.63) is 0 Å². The zero-order valence-electron chi connectivity index (χ0n) is 11.7. The third-order valence-electron chi connectivity index (χ3n) is 4.06. The van der Waals surface area contributed by atoms with Crippen LogP contribution in [0.5, 0.6) is 0 Å². The maximum Gasteiger partial charge on any atom is 0.0350 e. The summed E-state index contributed by atoms with van der Waals surface area (Å²) in [6, 6.07) is 0.609. The van der Waals surface area contributed by atoms with E-state index in [1.54, 1.807) is 0 Å². The molecule has 0 bridgehead atoms. The Hall–Kier alpha value is 0.110. The molecule has 1 aliphatic carbocycles. The van der Waals surface area contributed by atoms with E-state index in [4.69, 9.17) is 0 Å². The number of hydrogen-bond donors (Lipinski definition) is 1. The zero-order chi connectivity index (χ0) is 12.7. The SMILES string of the molecule is CCC(CCCS(=O)C1CCCC(C)C1)NC. The fourth-order valence-corrected chi connectivity index (χ4v) is 4.57. The molecule has 1 N–H and O–H groups in total. The monoisotopic (exact) mass is 259 g/mol. The van der Waals surface area contributed by atoms with Gasteiger partial charge in [-0.1, -0.05) is 26.7 Å². The van der Waals surface area contributed by atoms with E-state index < -0.39 is 10.8 Å². The molecule has 0 amide bonds. The largest absolute Gasteiger partial charge is 0.317 e. The normalized spacial score (nSPS) is 28.9. The third kappa shape index (κ3) is 5.52. The van der Waals surface area contributed by atoms with Crippen molar-refractivity contribution in [3.63, 3.8) is 0 Å². The maximum absolute atomic E-state index is 12.2. The van der Waals surface area contributed by atoms with Crippen molar-refractivity contribution in [1.29, 1.82) is 0 Å². The first kappa shape index (κ1) is 15.2. The van der Waals surface area contributed by atoms with Crippen LogP contribution in [0.2, 0.25) is 0 Å². The summed E-state index contributed by atoms with van der Waals surface area (Å²) in [5.41, 5.74) is 0. The first-order valence-electron chi connectivity index (χ1n) is 7.21. The quantitative estimate of drug-likeness (QED) is 0.761. The molecule has 0 aromatic carbocycles. The minimum atomic E-state index is -0.575. The van der Waals surface area contributed by atoms with E-state index in [1.165, 1.54) is 38.5 Å². The highest BCUT2D eigenvalue weighted by Crippen LogP contribution is 2.27. The van der Waals surface area contributed by atoms with Gasteiger partial charge in [0.25, 0.3) is 0 Å². The predicted octanol–water partition coefficient (Wildman–Crippen LogP) is 3.09. The van der Waals surface area contributed by atoms with Gasteiger partial charge >= 0.3 is 0 Å². The van der Waals surface area contributed by atoms with Crippen LogP contribution < -0.4 is 5.32 Å². The highest BCUT2D eigenvalue weighted by atomic mass is 32.2. The third-order valence-corrected chi connectivity index (χ3v) is 5.92. The van der Waals surface area contributed by atoms with Crippen LogP contribution >= 0.6 is 0 Å². The van der Waals surface area contributed by atoms with Crippen molar-refractivity contribution in [3.8, 4) is 0 Å². The van der Waals surface area contributed by atoms with E-state index in [0.717, 1.165) is 18.1 Å². The summed E-state index contributed by atoms with van der Waals surface area (Å²) >= 11 is 0. The van der Waals surface area contributed by atoms with Gasteiger partial charge in [0, 0.05) is 27.8 Å². The molecule has 4 atom stereocenters. The Morgan fingerprint density at radius 3 is 2.76 bits per heavy atom. The van der Waals surface area contributed by atoms with E-state index in [2.05, 4.69) is 19.2 Å². The van der Waals surface area contributed by atoms with Crippen molar-refractivity contribution in [2.45, 2.75) is 70.1 Å². The Bertz CT molecular complexity index is 228. The number of nitrogens with one attached hydrogen (secondary N) is 1. The van der Waals surface area contributed by atoms with E-state index in [1.807, 2.05) is 7.05 Å². The average Bonchev–Trinajstić information content (AvgIpc) is 2.34. The lowest BCUT2D eigenvalue weighted by Gasteiger charge is -2.26. The Morgan fingerprint density at radius 1 is 1.41 bits per heavy atom. The smallest absolute Gasteiger partial charge is 0.0350 e. The summed E-state index contributed by atoms with van der Waals surface area (Å²) in [5.74, 6) is 1.70. The molecule has 1 rings (SSSR count). The highest BCUT2D eigenvalue weighted by molar-refractivity contribution is 7.85. The Morgan fingerprint density at radius 2 is 2.18 bits per heavy atom. The van der Waals surface area contributed by atoms with E-state index in [-0.39, 0.29) is 0 Å². The molecule has 0 aromatic heterocycles. The molecule has 3 heteroatoms. The highest BCUT2D eigenvalue weighted by Gasteiger charge is 2.23. The van der Waals surface area contributed by atoms with Crippen LogP contribution in [0, 0.1) is 5.92 Å². The molecule has 1 fully saturated rings. The van der Waals surface area contributed by atoms with Gasteiger partial charge < -0.3 is 5.32 Å². The van der Waals surface area contributed by atoms with Crippen LogP contribution in [0.3, 0.4) is 0 Å². The van der Waals surface area contributed by atoms with E-state index >= 15 is 0 Å². The minimum absolute atomic E-state index is 0.494. The van der Waals surface area contributed by atoms with Crippen LogP contribution in [0.4, 0.5) is 0 Å². The van der Waals surface area contributed by atoms with Gasteiger partial charge in [0.15, 0.2) is 0 Å². The average molecular weight is 259 g/mol. The second kappa shape index (κ2) is 8.25. The summed E-state index contributed by atoms with van der Waals surface area (Å²) in [4.78, 5) is 0. The minimum Gasteiger partial charge on any atom is -0.317 e. The zero-order valence-corrected chi connectivity index (χ0v) is 12.5. The van der Waals surface area contributed by atoms with Gasteiger partial charge in [-0.15, -0.1) is 0 Å². The lowest BCUT2D eigenvalue weighted by Crippen LogP contribution is -2.27. The second-order valence-electron chi connectivity index (χ2n) is 5.51. The van der Waals surface area contributed by atoms with Crippen LogP contribution in [0.25, 0.3) is 0 Å². The molecular formula is C14H29NOS. The van der Waals surface area contributed by atoms with Crippen molar-refractivity contribution in [2.75, 3.05) is 12.8 Å². The lowest BCUT2D eigenvalue weighted by molar-refractivity contribution is 0.389. The van der Waals surface area contributed by atoms with E-state index in [0.29, 0.717) is 11.3 Å². The van der Waals surface area contributed by atoms with Crippen molar-refractivity contribution >= 4 is 10.8 Å². The number of rotatable bonds is 7. The second-order valence-corrected chi connectivity index (χ2v) is 7.35. The van der Waals surface area contributed by atoms with Crippen molar-refractivity contribution in [2.24, 2.45) is 5.92 Å². The van der Waals surface area contributed by atoms with E-state index in [9.17, 15) is 4.21 Å². The van der Waals surface area contributed by atoms with Gasteiger partial charge in [-0.25, -0.2) is 0 Å². The summed E-state index contributed by atoms with van der Waals surface area (Å²) in [6.07, 6.45) is 8.45. The molecule has 102 valence electrons. The van der Waals surface area contributed by atoms with Crippen molar-refractivity contribution in [1.82, 2.24) is 5.32 Å². The predicted molar refractivity (Wildman–Crippen MR) is 76.8 cm³/mol. The first-order valence-corrected chi connectivity index (χ1v) is 8.60. The molecule has 2 nitrogen and oxygen atoms in total. The summed E-state index contributed by atoms with van der Waals surface area (Å²) in [6.45, 7) is 4.51. The molecule has 4 unspecified atom stereocenters. The molecule has 1 aliphatic rings. The molecule has 0 spiro atoms. The topological polar surface area (TPSA) is 29.1 Å². The standard InChI is InChI=1S/C14H29NOS/c1-4-13(15-3)8-6-10-17(16)14-9-5-7-12(2)11-14/h12-15H,4-11H2,1-3H3. The summed E-state index contributed by atoms with van der Waals surface area (Å²) < 4.78 is 12.2. The van der Waals surface area contributed by atoms with Gasteiger partial charge in [-0.3, -0.25) is 4.21 Å². The van der Waals surface area contributed by atoms with Crippen LogP contribution in [-0.4, -0.2) is 28.3 Å². The Kier molecular flexibility index (Phi) is 7.36. The maximum atomic E-state index is 12.2. The fourth-order valence-electron chi connectivity index (χ4n) is 2.81. The van der Waals surface area contributed by atoms with Crippen molar-refractivity contribution < 1.29 is 4.21 Å². The number of hydrogen-bond acceptors (Lipinski definition) is 2. The van der Waals surface area contributed by atoms with Gasteiger partial charge in [-0.05, 0) is 45.1 Å².